The summed E-state index contributed by atoms with van der Waals surface area (Å²) in [5.41, 5.74) is 1.41. The lowest BCUT2D eigenvalue weighted by molar-refractivity contribution is -0.149. The number of anilines is 1. The lowest BCUT2D eigenvalue weighted by atomic mass is 10.2. The molecule has 0 saturated carbocycles. The molecule has 1 atom stereocenters. The van der Waals surface area contributed by atoms with E-state index < -0.39 is 23.9 Å². The number of esters is 1. The summed E-state index contributed by atoms with van der Waals surface area (Å²) in [5, 5.41) is 13.9. The maximum atomic E-state index is 12.4. The van der Waals surface area contributed by atoms with Crippen LogP contribution in [0.3, 0.4) is 0 Å². The van der Waals surface area contributed by atoms with E-state index in [0.29, 0.717) is 16.8 Å². The van der Waals surface area contributed by atoms with E-state index in [-0.39, 0.29) is 5.70 Å². The van der Waals surface area contributed by atoms with E-state index >= 15 is 0 Å². The van der Waals surface area contributed by atoms with Crippen molar-refractivity contribution in [3.05, 3.63) is 71.4 Å². The fraction of sp³-hybridized carbons (Fsp3) is 0.143. The van der Waals surface area contributed by atoms with Gasteiger partial charge in [-0.3, -0.25) is 9.59 Å². The van der Waals surface area contributed by atoms with E-state index in [9.17, 15) is 14.4 Å². The van der Waals surface area contributed by atoms with Crippen LogP contribution in [-0.4, -0.2) is 23.9 Å². The molecule has 0 radical (unpaired) electrons. The zero-order valence-corrected chi connectivity index (χ0v) is 15.4. The number of hydrogen-bond acceptors (Lipinski definition) is 5. The summed E-state index contributed by atoms with van der Waals surface area (Å²) in [6.07, 6.45) is 0.344. The molecular weight excluding hydrogens is 358 g/mol. The van der Waals surface area contributed by atoms with Gasteiger partial charge < -0.3 is 15.4 Å². The van der Waals surface area contributed by atoms with Gasteiger partial charge in [0.25, 0.3) is 5.91 Å². The highest BCUT2D eigenvalue weighted by Gasteiger charge is 2.21. The van der Waals surface area contributed by atoms with Gasteiger partial charge in [-0.05, 0) is 36.8 Å². The fourth-order valence-corrected chi connectivity index (χ4v) is 2.24. The molecule has 0 aliphatic rings. The lowest BCUT2D eigenvalue weighted by Crippen LogP contribution is -2.33. The van der Waals surface area contributed by atoms with Crippen LogP contribution in [0.25, 0.3) is 6.08 Å². The number of benzene rings is 2. The Hall–Kier alpha value is -3.92. The molecule has 2 rings (SSSR count). The Balaban J connectivity index is 2.08. The summed E-state index contributed by atoms with van der Waals surface area (Å²) >= 11 is 0. The number of nitrogens with one attached hydrogen (secondary N) is 2. The predicted molar refractivity (Wildman–Crippen MR) is 104 cm³/mol. The maximum absolute atomic E-state index is 12.4. The third-order valence-electron chi connectivity index (χ3n) is 3.55. The number of nitrogens with zero attached hydrogens (tertiary/aromatic N) is 1. The summed E-state index contributed by atoms with van der Waals surface area (Å²) in [5.74, 6) is -1.85. The molecule has 0 fully saturated rings. The van der Waals surface area contributed by atoms with E-state index in [1.54, 1.807) is 42.5 Å². The van der Waals surface area contributed by atoms with Crippen LogP contribution in [-0.2, 0) is 19.1 Å². The highest BCUT2D eigenvalue weighted by molar-refractivity contribution is 6.00. The summed E-state index contributed by atoms with van der Waals surface area (Å²) in [6.45, 7) is 2.68. The average molecular weight is 377 g/mol. The molecule has 28 heavy (non-hydrogen) atoms. The third-order valence-corrected chi connectivity index (χ3v) is 3.55. The molecule has 2 N–H and O–H groups in total. The Morgan fingerprint density at radius 3 is 2.46 bits per heavy atom. The Labute approximate surface area is 162 Å². The van der Waals surface area contributed by atoms with Crippen molar-refractivity contribution in [3.8, 4) is 6.07 Å². The minimum Gasteiger partial charge on any atom is -0.448 e. The van der Waals surface area contributed by atoms with Gasteiger partial charge in [0.2, 0.25) is 5.91 Å². The molecular formula is C21H19N3O4. The second-order valence-corrected chi connectivity index (χ2v) is 5.88. The molecule has 2 aromatic carbocycles. The number of ether oxygens (including phenoxy) is 1. The van der Waals surface area contributed by atoms with Gasteiger partial charge in [-0.2, -0.15) is 5.26 Å². The highest BCUT2D eigenvalue weighted by atomic mass is 16.5. The Bertz CT molecular complexity index is 946. The van der Waals surface area contributed by atoms with E-state index in [1.165, 1.54) is 26.0 Å². The molecule has 2 aromatic rings. The fourth-order valence-electron chi connectivity index (χ4n) is 2.24. The summed E-state index contributed by atoms with van der Waals surface area (Å²) in [4.78, 5) is 36.1. The number of carbonyl (C=O) groups is 3. The van der Waals surface area contributed by atoms with Gasteiger partial charge >= 0.3 is 5.97 Å². The lowest BCUT2D eigenvalue weighted by Gasteiger charge is -2.15. The Morgan fingerprint density at radius 1 is 1.11 bits per heavy atom. The van der Waals surface area contributed by atoms with Gasteiger partial charge in [-0.15, -0.1) is 0 Å². The second-order valence-electron chi connectivity index (χ2n) is 5.88. The Morgan fingerprint density at radius 2 is 1.82 bits per heavy atom. The van der Waals surface area contributed by atoms with Crippen LogP contribution in [0, 0.1) is 11.3 Å². The Kier molecular flexibility index (Phi) is 7.06. The summed E-state index contributed by atoms with van der Waals surface area (Å²) < 4.78 is 5.18. The van der Waals surface area contributed by atoms with Crippen LogP contribution in [0.4, 0.5) is 5.69 Å². The average Bonchev–Trinajstić information content (AvgIpc) is 2.68. The number of rotatable bonds is 6. The van der Waals surface area contributed by atoms with E-state index in [1.807, 2.05) is 12.1 Å². The molecule has 2 amide bonds. The molecule has 7 heteroatoms. The first-order valence-corrected chi connectivity index (χ1v) is 8.45. The predicted octanol–water partition coefficient (Wildman–Crippen LogP) is 2.61. The minimum absolute atomic E-state index is 0.0789. The molecule has 0 aliphatic heterocycles. The van der Waals surface area contributed by atoms with Crippen molar-refractivity contribution in [2.45, 2.75) is 20.0 Å². The van der Waals surface area contributed by atoms with E-state index in [4.69, 9.17) is 10.00 Å². The van der Waals surface area contributed by atoms with Crippen LogP contribution in [0.1, 0.15) is 25.0 Å². The topological polar surface area (TPSA) is 108 Å². The summed E-state index contributed by atoms with van der Waals surface area (Å²) in [7, 11) is 0. The zero-order valence-electron chi connectivity index (χ0n) is 15.4. The van der Waals surface area contributed by atoms with Gasteiger partial charge in [-0.25, -0.2) is 4.79 Å². The van der Waals surface area contributed by atoms with Gasteiger partial charge in [0.15, 0.2) is 6.10 Å². The van der Waals surface area contributed by atoms with Crippen molar-refractivity contribution in [2.75, 3.05) is 5.32 Å². The molecule has 0 spiro atoms. The van der Waals surface area contributed by atoms with Crippen molar-refractivity contribution in [3.63, 3.8) is 0 Å². The molecule has 0 saturated heterocycles. The first-order valence-electron chi connectivity index (χ1n) is 8.45. The van der Waals surface area contributed by atoms with Gasteiger partial charge in [0, 0.05) is 12.6 Å². The van der Waals surface area contributed by atoms with Crippen LogP contribution in [0.2, 0.25) is 0 Å². The van der Waals surface area contributed by atoms with Crippen LogP contribution in [0.15, 0.2) is 60.3 Å². The molecule has 0 aliphatic carbocycles. The SMILES string of the molecule is CC(=O)N/C(=C\c1ccccc1)C(=O)O[C@H](C)C(=O)Nc1cccc(C#N)c1. The van der Waals surface area contributed by atoms with Crippen LogP contribution >= 0.6 is 0 Å². The van der Waals surface area contributed by atoms with Crippen molar-refractivity contribution in [1.29, 1.82) is 5.26 Å². The standard InChI is InChI=1S/C21H19N3O4/c1-14(20(26)24-18-10-6-9-17(11-18)13-22)28-21(27)19(23-15(2)25)12-16-7-4-3-5-8-16/h3-12,14H,1-2H3,(H,23,25)(H,24,26)/b19-12-/t14-/m1/s1. The number of hydrogen-bond donors (Lipinski definition) is 2. The third kappa shape index (κ3) is 6.11. The second kappa shape index (κ2) is 9.69. The van der Waals surface area contributed by atoms with Gasteiger partial charge in [-0.1, -0.05) is 36.4 Å². The minimum atomic E-state index is -1.12. The largest absolute Gasteiger partial charge is 0.448 e. The van der Waals surface area contributed by atoms with Crippen molar-refractivity contribution < 1.29 is 19.1 Å². The van der Waals surface area contributed by atoms with Crippen molar-refractivity contribution in [1.82, 2.24) is 5.32 Å². The molecule has 0 aromatic heterocycles. The normalized spacial score (nSPS) is 11.7. The quantitative estimate of drug-likeness (QED) is 0.594. The smallest absolute Gasteiger partial charge is 0.355 e. The zero-order chi connectivity index (χ0) is 20.5. The molecule has 0 bridgehead atoms. The highest BCUT2D eigenvalue weighted by Crippen LogP contribution is 2.12. The molecule has 7 nitrogen and oxygen atoms in total. The molecule has 0 heterocycles. The number of amides is 2. The monoisotopic (exact) mass is 377 g/mol. The number of nitriles is 1. The first kappa shape index (κ1) is 20.4. The first-order chi connectivity index (χ1) is 13.4. The van der Waals surface area contributed by atoms with Crippen LogP contribution < -0.4 is 10.6 Å². The van der Waals surface area contributed by atoms with Crippen molar-refractivity contribution in [2.24, 2.45) is 0 Å². The summed E-state index contributed by atoms with van der Waals surface area (Å²) in [6, 6.07) is 17.2. The van der Waals surface area contributed by atoms with Gasteiger partial charge in [0.05, 0.1) is 11.6 Å². The van der Waals surface area contributed by atoms with E-state index in [0.717, 1.165) is 0 Å². The molecule has 0 unspecified atom stereocenters. The molecule has 142 valence electrons. The van der Waals surface area contributed by atoms with Crippen LogP contribution in [0.5, 0.6) is 0 Å². The maximum Gasteiger partial charge on any atom is 0.355 e. The van der Waals surface area contributed by atoms with Crippen molar-refractivity contribution >= 4 is 29.5 Å². The van der Waals surface area contributed by atoms with E-state index in [2.05, 4.69) is 10.6 Å². The number of carbonyl (C=O) groups excluding carboxylic acids is 3. The van der Waals surface area contributed by atoms with Gasteiger partial charge in [0.1, 0.15) is 5.70 Å².